The molecule has 1 aromatic heterocycles. The monoisotopic (exact) mass is 210 g/mol. The summed E-state index contributed by atoms with van der Waals surface area (Å²) in [5.41, 5.74) is 0. The molecular formula is C12H22N2O. The number of nitrogens with one attached hydrogen (secondary N) is 2. The van der Waals surface area contributed by atoms with E-state index in [1.165, 1.54) is 0 Å². The van der Waals surface area contributed by atoms with Crippen LogP contribution in [-0.4, -0.2) is 26.2 Å². The Bertz CT molecular complexity index is 234. The molecule has 0 aliphatic heterocycles. The Morgan fingerprint density at radius 2 is 2.13 bits per heavy atom. The summed E-state index contributed by atoms with van der Waals surface area (Å²) in [6.45, 7) is 8.58. The van der Waals surface area contributed by atoms with Crippen LogP contribution in [0.4, 0.5) is 0 Å². The summed E-state index contributed by atoms with van der Waals surface area (Å²) in [7, 11) is 0. The molecule has 0 radical (unpaired) electrons. The summed E-state index contributed by atoms with van der Waals surface area (Å²) < 4.78 is 5.25. The molecule has 0 aromatic carbocycles. The molecule has 3 nitrogen and oxygen atoms in total. The molecule has 0 saturated carbocycles. The molecular weight excluding hydrogens is 188 g/mol. The summed E-state index contributed by atoms with van der Waals surface area (Å²) in [5.74, 6) is 1.74. The fourth-order valence-corrected chi connectivity index (χ4v) is 1.48. The molecule has 0 aliphatic carbocycles. The normalized spacial score (nSPS) is 12.9. The predicted molar refractivity (Wildman–Crippen MR) is 63.0 cm³/mol. The van der Waals surface area contributed by atoms with Crippen molar-refractivity contribution < 1.29 is 4.42 Å². The van der Waals surface area contributed by atoms with E-state index in [9.17, 15) is 0 Å². The predicted octanol–water partition coefficient (Wildman–Crippen LogP) is 1.66. The molecule has 3 heteroatoms. The molecule has 1 heterocycles. The third-order valence-corrected chi connectivity index (χ3v) is 2.36. The molecule has 0 amide bonds. The lowest BCUT2D eigenvalue weighted by molar-refractivity contribution is 0.462. The van der Waals surface area contributed by atoms with Crippen LogP contribution in [0.25, 0.3) is 0 Å². The average Bonchev–Trinajstić information content (AvgIpc) is 2.74. The van der Waals surface area contributed by atoms with Crippen LogP contribution in [0.2, 0.25) is 0 Å². The highest BCUT2D eigenvalue weighted by Crippen LogP contribution is 1.99. The zero-order valence-corrected chi connectivity index (χ0v) is 9.75. The quantitative estimate of drug-likeness (QED) is 0.641. The average molecular weight is 210 g/mol. The highest BCUT2D eigenvalue weighted by molar-refractivity contribution is 4.98. The smallest absolute Gasteiger partial charge is 0.105 e. The van der Waals surface area contributed by atoms with Crippen molar-refractivity contribution in [2.45, 2.75) is 20.3 Å². The molecule has 15 heavy (non-hydrogen) atoms. The molecule has 86 valence electrons. The van der Waals surface area contributed by atoms with Crippen LogP contribution in [0.5, 0.6) is 0 Å². The first-order valence-corrected chi connectivity index (χ1v) is 5.76. The van der Waals surface area contributed by atoms with Crippen molar-refractivity contribution in [2.75, 3.05) is 26.2 Å². The van der Waals surface area contributed by atoms with Gasteiger partial charge in [0.15, 0.2) is 0 Å². The minimum Gasteiger partial charge on any atom is -0.469 e. The molecule has 0 spiro atoms. The lowest BCUT2D eigenvalue weighted by Crippen LogP contribution is -2.30. The van der Waals surface area contributed by atoms with Crippen LogP contribution in [0, 0.1) is 5.92 Å². The highest BCUT2D eigenvalue weighted by atomic mass is 16.3. The topological polar surface area (TPSA) is 37.2 Å². The first-order chi connectivity index (χ1) is 7.33. The minimum atomic E-state index is 0.682. The van der Waals surface area contributed by atoms with Gasteiger partial charge in [0.25, 0.3) is 0 Å². The molecule has 0 aliphatic rings. The molecule has 1 rings (SSSR count). The van der Waals surface area contributed by atoms with Gasteiger partial charge in [-0.2, -0.15) is 0 Å². The summed E-state index contributed by atoms with van der Waals surface area (Å²) in [6, 6.07) is 3.95. The lowest BCUT2D eigenvalue weighted by atomic mass is 10.2. The van der Waals surface area contributed by atoms with Crippen molar-refractivity contribution in [1.82, 2.24) is 10.6 Å². The van der Waals surface area contributed by atoms with Gasteiger partial charge < -0.3 is 15.1 Å². The van der Waals surface area contributed by atoms with Crippen molar-refractivity contribution in [2.24, 2.45) is 5.92 Å². The second kappa shape index (κ2) is 7.49. The zero-order valence-electron chi connectivity index (χ0n) is 9.75. The van der Waals surface area contributed by atoms with E-state index in [4.69, 9.17) is 4.42 Å². The van der Waals surface area contributed by atoms with Crippen LogP contribution in [-0.2, 0) is 6.42 Å². The van der Waals surface area contributed by atoms with E-state index in [1.54, 1.807) is 6.26 Å². The Labute approximate surface area is 92.2 Å². The van der Waals surface area contributed by atoms with Crippen LogP contribution in [0.1, 0.15) is 19.6 Å². The SMILES string of the molecule is CCNCC(C)CNCCc1ccco1. The number of furan rings is 1. The number of rotatable bonds is 8. The molecule has 0 fully saturated rings. The van der Waals surface area contributed by atoms with Gasteiger partial charge in [0, 0.05) is 13.0 Å². The fraction of sp³-hybridized carbons (Fsp3) is 0.667. The molecule has 2 N–H and O–H groups in total. The largest absolute Gasteiger partial charge is 0.469 e. The second-order valence-corrected chi connectivity index (χ2v) is 3.95. The highest BCUT2D eigenvalue weighted by Gasteiger charge is 2.00. The molecule has 0 bridgehead atoms. The number of hydrogen-bond donors (Lipinski definition) is 2. The molecule has 1 unspecified atom stereocenters. The first-order valence-electron chi connectivity index (χ1n) is 5.76. The third kappa shape index (κ3) is 5.60. The van der Waals surface area contributed by atoms with Gasteiger partial charge in [0.05, 0.1) is 6.26 Å². The van der Waals surface area contributed by atoms with Gasteiger partial charge in [-0.15, -0.1) is 0 Å². The Morgan fingerprint density at radius 3 is 2.80 bits per heavy atom. The third-order valence-electron chi connectivity index (χ3n) is 2.36. The lowest BCUT2D eigenvalue weighted by Gasteiger charge is -2.12. The second-order valence-electron chi connectivity index (χ2n) is 3.95. The van der Waals surface area contributed by atoms with E-state index in [0.717, 1.165) is 38.4 Å². The van der Waals surface area contributed by atoms with E-state index >= 15 is 0 Å². The summed E-state index contributed by atoms with van der Waals surface area (Å²) in [6.07, 6.45) is 2.70. The van der Waals surface area contributed by atoms with Gasteiger partial charge in [-0.25, -0.2) is 0 Å². The Kier molecular flexibility index (Phi) is 6.12. The van der Waals surface area contributed by atoms with Crippen LogP contribution >= 0.6 is 0 Å². The van der Waals surface area contributed by atoms with Crippen molar-refractivity contribution in [1.29, 1.82) is 0 Å². The summed E-state index contributed by atoms with van der Waals surface area (Å²) in [4.78, 5) is 0. The van der Waals surface area contributed by atoms with Crippen LogP contribution in [0.3, 0.4) is 0 Å². The Balaban J connectivity index is 1.97. The standard InChI is InChI=1S/C12H22N2O/c1-3-13-9-11(2)10-14-7-6-12-5-4-8-15-12/h4-5,8,11,13-14H,3,6-7,9-10H2,1-2H3. The van der Waals surface area contributed by atoms with Gasteiger partial charge in [-0.05, 0) is 37.7 Å². The maximum atomic E-state index is 5.25. The van der Waals surface area contributed by atoms with Gasteiger partial charge in [0.2, 0.25) is 0 Å². The van der Waals surface area contributed by atoms with Crippen molar-refractivity contribution in [3.63, 3.8) is 0 Å². The fourth-order valence-electron chi connectivity index (χ4n) is 1.48. The van der Waals surface area contributed by atoms with E-state index in [-0.39, 0.29) is 0 Å². The zero-order chi connectivity index (χ0) is 10.9. The van der Waals surface area contributed by atoms with E-state index in [0.29, 0.717) is 5.92 Å². The van der Waals surface area contributed by atoms with Gasteiger partial charge >= 0.3 is 0 Å². The van der Waals surface area contributed by atoms with Gasteiger partial charge in [-0.3, -0.25) is 0 Å². The van der Waals surface area contributed by atoms with Crippen molar-refractivity contribution in [3.05, 3.63) is 24.2 Å². The van der Waals surface area contributed by atoms with E-state index in [2.05, 4.69) is 24.5 Å². The Hall–Kier alpha value is -0.800. The van der Waals surface area contributed by atoms with E-state index < -0.39 is 0 Å². The summed E-state index contributed by atoms with van der Waals surface area (Å²) in [5, 5.41) is 6.78. The van der Waals surface area contributed by atoms with Gasteiger partial charge in [-0.1, -0.05) is 13.8 Å². The molecule has 1 aromatic rings. The number of hydrogen-bond acceptors (Lipinski definition) is 3. The van der Waals surface area contributed by atoms with E-state index in [1.807, 2.05) is 12.1 Å². The first kappa shape index (κ1) is 12.3. The summed E-state index contributed by atoms with van der Waals surface area (Å²) >= 11 is 0. The molecule has 1 atom stereocenters. The molecule has 0 saturated heterocycles. The van der Waals surface area contributed by atoms with Crippen molar-refractivity contribution >= 4 is 0 Å². The van der Waals surface area contributed by atoms with Crippen molar-refractivity contribution in [3.8, 4) is 0 Å². The maximum absolute atomic E-state index is 5.25. The Morgan fingerprint density at radius 1 is 1.33 bits per heavy atom. The van der Waals surface area contributed by atoms with Crippen LogP contribution in [0.15, 0.2) is 22.8 Å². The maximum Gasteiger partial charge on any atom is 0.105 e. The minimum absolute atomic E-state index is 0.682. The van der Waals surface area contributed by atoms with Gasteiger partial charge in [0.1, 0.15) is 5.76 Å². The van der Waals surface area contributed by atoms with Crippen LogP contribution < -0.4 is 10.6 Å².